The average Bonchev–Trinajstić information content (AvgIpc) is 1.96. The molecule has 0 saturated carbocycles. The van der Waals surface area contributed by atoms with Gasteiger partial charge in [0.25, 0.3) is 0 Å². The molecule has 0 aliphatic heterocycles. The van der Waals surface area contributed by atoms with Gasteiger partial charge >= 0.3 is 0 Å². The normalized spacial score (nSPS) is 10.9. The molecule has 0 heterocycles. The molecule has 1 nitrogen and oxygen atoms in total. The molecule has 0 saturated heterocycles. The van der Waals surface area contributed by atoms with Gasteiger partial charge in [-0.05, 0) is 13.3 Å². The average molecular weight is 156 g/mol. The van der Waals surface area contributed by atoms with Crippen LogP contribution < -0.4 is 5.73 Å². The van der Waals surface area contributed by atoms with Crippen molar-refractivity contribution in [3.8, 4) is 0 Å². The summed E-state index contributed by atoms with van der Waals surface area (Å²) in [6.07, 6.45) is 9.28. The molecule has 0 aliphatic carbocycles. The Labute approximate surface area is 71.4 Å². The summed E-state index contributed by atoms with van der Waals surface area (Å²) >= 11 is 0. The molecule has 0 aromatic heterocycles. The summed E-state index contributed by atoms with van der Waals surface area (Å²) in [5.74, 6) is 0. The predicted octanol–water partition coefficient (Wildman–Crippen LogP) is 3.25. The second-order valence-electron chi connectivity index (χ2n) is 3.36. The van der Waals surface area contributed by atoms with E-state index in [1.54, 1.807) is 0 Å². The first-order chi connectivity index (χ1) is 5.27. The minimum Gasteiger partial charge on any atom is -0.324 e. The van der Waals surface area contributed by atoms with Gasteiger partial charge in [-0.1, -0.05) is 45.4 Å². The lowest BCUT2D eigenvalue weighted by Gasteiger charge is -2.02. The Morgan fingerprint density at radius 3 is 2.09 bits per heavy atom. The zero-order chi connectivity index (χ0) is 8.53. The molecule has 0 unspecified atom stereocenters. The van der Waals surface area contributed by atoms with Crippen molar-refractivity contribution in [1.82, 2.24) is 0 Å². The summed E-state index contributed by atoms with van der Waals surface area (Å²) in [4.78, 5) is 0. The summed E-state index contributed by atoms with van der Waals surface area (Å²) < 4.78 is 0. The molecule has 0 rings (SSSR count). The van der Waals surface area contributed by atoms with Crippen molar-refractivity contribution < 1.29 is 0 Å². The summed E-state index contributed by atoms with van der Waals surface area (Å²) in [7, 11) is 0. The second-order valence-corrected chi connectivity index (χ2v) is 3.36. The molecule has 2 N–H and O–H groups in total. The van der Waals surface area contributed by atoms with Crippen LogP contribution in [0.25, 0.3) is 0 Å². The minimum atomic E-state index is 1.08. The molecule has 0 atom stereocenters. The number of rotatable bonds is 7. The van der Waals surface area contributed by atoms with Crippen LogP contribution >= 0.6 is 0 Å². The highest BCUT2D eigenvalue weighted by molar-refractivity contribution is 4.73. The van der Waals surface area contributed by atoms with Gasteiger partial charge in [-0.15, -0.1) is 0 Å². The lowest BCUT2D eigenvalue weighted by atomic mass is 10.1. The highest BCUT2D eigenvalue weighted by Crippen LogP contribution is 2.09. The number of hydrogen-bond donors (Lipinski definition) is 1. The van der Waals surface area contributed by atoms with E-state index >= 15 is 0 Å². The highest BCUT2D eigenvalue weighted by Gasteiger charge is 1.94. The minimum absolute atomic E-state index is 1.08. The number of nitrogens with two attached hydrogens (primary N) is 1. The van der Waals surface area contributed by atoms with Crippen LogP contribution in [0.3, 0.4) is 0 Å². The van der Waals surface area contributed by atoms with Crippen LogP contribution in [-0.4, -0.2) is 0 Å². The number of unbranched alkanes of at least 4 members (excludes halogenated alkanes) is 5. The molecule has 0 spiro atoms. The van der Waals surface area contributed by atoms with E-state index in [2.05, 4.69) is 6.92 Å². The third kappa shape index (κ3) is 9.96. The van der Waals surface area contributed by atoms with Crippen molar-refractivity contribution in [2.24, 2.45) is 5.73 Å². The maximum atomic E-state index is 5.55. The highest BCUT2D eigenvalue weighted by atomic mass is 14.6. The van der Waals surface area contributed by atoms with Gasteiger partial charge in [0.2, 0.25) is 0 Å². The lowest BCUT2D eigenvalue weighted by Crippen LogP contribution is -2.03. The van der Waals surface area contributed by atoms with Gasteiger partial charge in [-0.3, -0.25) is 0 Å². The molecule has 0 aliphatic rings. The Bertz CT molecular complexity index is 69.3. The van der Waals surface area contributed by atoms with E-state index in [1.807, 2.05) is 6.92 Å². The molecular formula is C10H22N. The molecule has 1 heteroatoms. The monoisotopic (exact) mass is 156 g/mol. The number of hydrogen-bond acceptors (Lipinski definition) is 1. The maximum Gasteiger partial charge on any atom is 0.0305 e. The predicted molar refractivity (Wildman–Crippen MR) is 51.1 cm³/mol. The van der Waals surface area contributed by atoms with Crippen LogP contribution in [0.1, 0.15) is 58.8 Å². The van der Waals surface area contributed by atoms with Gasteiger partial charge in [0.05, 0.1) is 0 Å². The van der Waals surface area contributed by atoms with Crippen molar-refractivity contribution >= 4 is 0 Å². The zero-order valence-electron chi connectivity index (χ0n) is 8.03. The van der Waals surface area contributed by atoms with Crippen molar-refractivity contribution in [1.29, 1.82) is 0 Å². The standard InChI is InChI=1S/C10H22N/c1-3-4-5-6-7-8-9-10(2)11/h3-9,11H2,1-2H3. The molecule has 0 amide bonds. The van der Waals surface area contributed by atoms with Crippen LogP contribution in [-0.2, 0) is 0 Å². The van der Waals surface area contributed by atoms with Gasteiger partial charge < -0.3 is 5.73 Å². The van der Waals surface area contributed by atoms with E-state index in [0.29, 0.717) is 0 Å². The quantitative estimate of drug-likeness (QED) is 0.563. The first kappa shape index (κ1) is 11.0. The van der Waals surface area contributed by atoms with Crippen LogP contribution in [0.4, 0.5) is 0 Å². The van der Waals surface area contributed by atoms with Crippen LogP contribution in [0, 0.1) is 6.04 Å². The van der Waals surface area contributed by atoms with Crippen molar-refractivity contribution in [2.45, 2.75) is 58.8 Å². The Kier molecular flexibility index (Phi) is 8.03. The van der Waals surface area contributed by atoms with Gasteiger partial charge in [0.1, 0.15) is 0 Å². The van der Waals surface area contributed by atoms with Crippen LogP contribution in [0.15, 0.2) is 0 Å². The smallest absolute Gasteiger partial charge is 0.0305 e. The van der Waals surface area contributed by atoms with E-state index in [1.165, 1.54) is 38.5 Å². The SMILES string of the molecule is CCCCCCCC[C](C)N. The second kappa shape index (κ2) is 8.06. The fourth-order valence-corrected chi connectivity index (χ4v) is 1.18. The van der Waals surface area contributed by atoms with Crippen LogP contribution in [0.5, 0.6) is 0 Å². The van der Waals surface area contributed by atoms with E-state index in [9.17, 15) is 0 Å². The Morgan fingerprint density at radius 1 is 1.00 bits per heavy atom. The van der Waals surface area contributed by atoms with Crippen molar-refractivity contribution in [2.75, 3.05) is 0 Å². The van der Waals surface area contributed by atoms with E-state index in [-0.39, 0.29) is 0 Å². The van der Waals surface area contributed by atoms with Crippen LogP contribution in [0.2, 0.25) is 0 Å². The van der Waals surface area contributed by atoms with Gasteiger partial charge in [0, 0.05) is 6.04 Å². The molecule has 0 fully saturated rings. The fraction of sp³-hybridized carbons (Fsp3) is 0.900. The topological polar surface area (TPSA) is 26.0 Å². The largest absolute Gasteiger partial charge is 0.324 e. The Balaban J connectivity index is 2.80. The Hall–Kier alpha value is -0.0400. The van der Waals surface area contributed by atoms with Gasteiger partial charge in [-0.2, -0.15) is 0 Å². The van der Waals surface area contributed by atoms with E-state index < -0.39 is 0 Å². The first-order valence-electron chi connectivity index (χ1n) is 4.85. The third-order valence-electron chi connectivity index (χ3n) is 1.92. The molecule has 0 bridgehead atoms. The van der Waals surface area contributed by atoms with E-state index in [0.717, 1.165) is 12.5 Å². The van der Waals surface area contributed by atoms with Gasteiger partial charge in [-0.25, -0.2) is 0 Å². The fourth-order valence-electron chi connectivity index (χ4n) is 1.18. The summed E-state index contributed by atoms with van der Waals surface area (Å²) in [6, 6.07) is 1.08. The molecule has 67 valence electrons. The lowest BCUT2D eigenvalue weighted by molar-refractivity contribution is 0.591. The molecule has 1 radical (unpaired) electrons. The summed E-state index contributed by atoms with van der Waals surface area (Å²) in [6.45, 7) is 4.25. The van der Waals surface area contributed by atoms with E-state index in [4.69, 9.17) is 5.73 Å². The molecule has 11 heavy (non-hydrogen) atoms. The first-order valence-corrected chi connectivity index (χ1v) is 4.85. The Morgan fingerprint density at radius 2 is 1.55 bits per heavy atom. The van der Waals surface area contributed by atoms with Crippen molar-refractivity contribution in [3.63, 3.8) is 0 Å². The van der Waals surface area contributed by atoms with Gasteiger partial charge in [0.15, 0.2) is 0 Å². The maximum absolute atomic E-state index is 5.55. The van der Waals surface area contributed by atoms with Crippen molar-refractivity contribution in [3.05, 3.63) is 6.04 Å². The molecule has 0 aromatic carbocycles. The molecule has 0 aromatic rings. The summed E-state index contributed by atoms with van der Waals surface area (Å²) in [5, 5.41) is 0. The molecular weight excluding hydrogens is 134 g/mol. The zero-order valence-corrected chi connectivity index (χ0v) is 8.03. The third-order valence-corrected chi connectivity index (χ3v) is 1.92. The summed E-state index contributed by atoms with van der Waals surface area (Å²) in [5.41, 5.74) is 5.55.